The molecule has 4 aromatic heterocycles. The van der Waals surface area contributed by atoms with Gasteiger partial charge in [0.15, 0.2) is 0 Å². The van der Waals surface area contributed by atoms with Crippen LogP contribution in [0.25, 0.3) is 22.2 Å². The summed E-state index contributed by atoms with van der Waals surface area (Å²) in [5.74, 6) is 1.00. The van der Waals surface area contributed by atoms with Crippen molar-refractivity contribution in [3.8, 4) is 17.0 Å². The van der Waals surface area contributed by atoms with Crippen molar-refractivity contribution < 1.29 is 9.84 Å². The van der Waals surface area contributed by atoms with Crippen molar-refractivity contribution in [2.24, 2.45) is 0 Å². The molecule has 1 aliphatic carbocycles. The Labute approximate surface area is 155 Å². The van der Waals surface area contributed by atoms with Crippen LogP contribution in [0.4, 0.5) is 5.95 Å². The SMILES string of the molecule is COc1nc(NC2CC(C)(O)C2)nn2ccc(-c3ccn4nccc4c3)c12. The van der Waals surface area contributed by atoms with Gasteiger partial charge in [-0.1, -0.05) is 0 Å². The molecule has 2 N–H and O–H groups in total. The first-order valence-corrected chi connectivity index (χ1v) is 8.88. The Hall–Kier alpha value is -3.13. The molecule has 0 saturated heterocycles. The summed E-state index contributed by atoms with van der Waals surface area (Å²) in [6.45, 7) is 1.84. The summed E-state index contributed by atoms with van der Waals surface area (Å²) in [4.78, 5) is 4.54. The lowest BCUT2D eigenvalue weighted by Crippen LogP contribution is -2.48. The van der Waals surface area contributed by atoms with Crippen molar-refractivity contribution in [3.05, 3.63) is 42.9 Å². The molecule has 138 valence electrons. The predicted molar refractivity (Wildman–Crippen MR) is 101 cm³/mol. The van der Waals surface area contributed by atoms with Crippen molar-refractivity contribution in [1.82, 2.24) is 24.2 Å². The van der Waals surface area contributed by atoms with E-state index in [9.17, 15) is 5.11 Å². The van der Waals surface area contributed by atoms with Crippen molar-refractivity contribution in [1.29, 1.82) is 0 Å². The normalized spacial score (nSPS) is 22.1. The second kappa shape index (κ2) is 5.68. The first kappa shape index (κ1) is 16.1. The fraction of sp³-hybridized carbons (Fsp3) is 0.316. The maximum absolute atomic E-state index is 9.91. The van der Waals surface area contributed by atoms with Crippen molar-refractivity contribution >= 4 is 17.0 Å². The molecule has 1 saturated carbocycles. The van der Waals surface area contributed by atoms with Crippen LogP contribution in [0.1, 0.15) is 19.8 Å². The Kier molecular flexibility index (Phi) is 3.38. The van der Waals surface area contributed by atoms with E-state index in [-0.39, 0.29) is 6.04 Å². The summed E-state index contributed by atoms with van der Waals surface area (Å²) in [6.07, 6.45) is 6.96. The molecule has 27 heavy (non-hydrogen) atoms. The quantitative estimate of drug-likeness (QED) is 0.578. The highest BCUT2D eigenvalue weighted by molar-refractivity contribution is 5.85. The molecular formula is C19H20N6O2. The maximum Gasteiger partial charge on any atom is 0.244 e. The Morgan fingerprint density at radius 2 is 2.04 bits per heavy atom. The second-order valence-corrected chi connectivity index (χ2v) is 7.33. The number of aromatic nitrogens is 5. The fourth-order valence-electron chi connectivity index (χ4n) is 3.80. The molecule has 0 atom stereocenters. The molecule has 5 rings (SSSR count). The average Bonchev–Trinajstić information content (AvgIpc) is 3.25. The minimum Gasteiger partial charge on any atom is -0.479 e. The molecule has 1 fully saturated rings. The van der Waals surface area contributed by atoms with E-state index in [1.807, 2.05) is 42.0 Å². The van der Waals surface area contributed by atoms with Gasteiger partial charge >= 0.3 is 0 Å². The Morgan fingerprint density at radius 1 is 1.22 bits per heavy atom. The lowest BCUT2D eigenvalue weighted by molar-refractivity contribution is -0.0236. The molecule has 8 heteroatoms. The van der Waals surface area contributed by atoms with Crippen molar-refractivity contribution in [2.75, 3.05) is 12.4 Å². The number of hydrogen-bond donors (Lipinski definition) is 2. The van der Waals surface area contributed by atoms with Gasteiger partial charge in [-0.05, 0) is 49.6 Å². The molecule has 0 unspecified atom stereocenters. The fourth-order valence-corrected chi connectivity index (χ4v) is 3.80. The topological polar surface area (TPSA) is 89.0 Å². The largest absolute Gasteiger partial charge is 0.479 e. The molecule has 0 spiro atoms. The Morgan fingerprint density at radius 3 is 2.81 bits per heavy atom. The zero-order chi connectivity index (χ0) is 18.6. The van der Waals surface area contributed by atoms with E-state index < -0.39 is 5.60 Å². The number of fused-ring (bicyclic) bond motifs is 2. The first-order chi connectivity index (χ1) is 13.0. The molecule has 1 aliphatic rings. The molecule has 0 bridgehead atoms. The van der Waals surface area contributed by atoms with Gasteiger partial charge in [0.05, 0.1) is 18.2 Å². The summed E-state index contributed by atoms with van der Waals surface area (Å²) in [6, 6.07) is 8.22. The minimum atomic E-state index is -0.598. The third-order valence-corrected chi connectivity index (χ3v) is 5.09. The van der Waals surface area contributed by atoms with E-state index in [4.69, 9.17) is 4.74 Å². The second-order valence-electron chi connectivity index (χ2n) is 7.33. The van der Waals surface area contributed by atoms with Gasteiger partial charge in [-0.2, -0.15) is 10.1 Å². The number of anilines is 1. The number of nitrogens with zero attached hydrogens (tertiary/aromatic N) is 5. The number of aliphatic hydroxyl groups is 1. The zero-order valence-corrected chi connectivity index (χ0v) is 15.1. The summed E-state index contributed by atoms with van der Waals surface area (Å²) in [5.41, 5.74) is 3.27. The maximum atomic E-state index is 9.91. The summed E-state index contributed by atoms with van der Waals surface area (Å²) >= 11 is 0. The molecule has 8 nitrogen and oxygen atoms in total. The smallest absolute Gasteiger partial charge is 0.244 e. The van der Waals surface area contributed by atoms with E-state index in [0.29, 0.717) is 24.7 Å². The third-order valence-electron chi connectivity index (χ3n) is 5.09. The minimum absolute atomic E-state index is 0.168. The van der Waals surface area contributed by atoms with Crippen LogP contribution in [0.15, 0.2) is 42.9 Å². The van der Waals surface area contributed by atoms with Crippen molar-refractivity contribution in [3.63, 3.8) is 0 Å². The van der Waals surface area contributed by atoms with Gasteiger partial charge in [0, 0.05) is 30.2 Å². The predicted octanol–water partition coefficient (Wildman–Crippen LogP) is 2.38. The van der Waals surface area contributed by atoms with Crippen molar-refractivity contribution in [2.45, 2.75) is 31.4 Å². The monoisotopic (exact) mass is 364 g/mol. The number of hydrogen-bond acceptors (Lipinski definition) is 6. The molecule has 0 aromatic carbocycles. The Balaban J connectivity index is 1.55. The zero-order valence-electron chi connectivity index (χ0n) is 15.1. The third kappa shape index (κ3) is 2.69. The number of pyridine rings is 1. The number of nitrogens with one attached hydrogen (secondary N) is 1. The lowest BCUT2D eigenvalue weighted by Gasteiger charge is -2.41. The van der Waals surface area contributed by atoms with Crippen LogP contribution in [0.5, 0.6) is 5.88 Å². The van der Waals surface area contributed by atoms with Crippen LogP contribution in [0, 0.1) is 0 Å². The van der Waals surface area contributed by atoms with Gasteiger partial charge in [0.1, 0.15) is 5.52 Å². The Bertz CT molecular complexity index is 1140. The van der Waals surface area contributed by atoms with Crippen LogP contribution < -0.4 is 10.1 Å². The van der Waals surface area contributed by atoms with Crippen LogP contribution in [-0.2, 0) is 0 Å². The van der Waals surface area contributed by atoms with Gasteiger partial charge in [0.25, 0.3) is 0 Å². The van der Waals surface area contributed by atoms with Crippen LogP contribution in [0.3, 0.4) is 0 Å². The molecular weight excluding hydrogens is 344 g/mol. The molecule has 0 amide bonds. The highest BCUT2D eigenvalue weighted by Crippen LogP contribution is 2.35. The summed E-state index contributed by atoms with van der Waals surface area (Å²) < 4.78 is 9.16. The van der Waals surface area contributed by atoms with Crippen LogP contribution in [0.2, 0.25) is 0 Å². The summed E-state index contributed by atoms with van der Waals surface area (Å²) in [5, 5.41) is 22.0. The number of ether oxygens (including phenoxy) is 1. The standard InChI is InChI=1S/C19H20N6O2/c1-19(26)10-13(11-19)21-18-22-17(27-2)16-15(5-8-25(16)23-18)12-4-7-24-14(9-12)3-6-20-24/h3-9,13,26H,10-11H2,1-2H3,(H,21,23). The number of rotatable bonds is 4. The summed E-state index contributed by atoms with van der Waals surface area (Å²) in [7, 11) is 1.61. The molecule has 4 aromatic rings. The van der Waals surface area contributed by atoms with E-state index in [0.717, 1.165) is 22.2 Å². The molecule has 0 aliphatic heterocycles. The van der Waals surface area contributed by atoms with Gasteiger partial charge in [0.2, 0.25) is 11.8 Å². The van der Waals surface area contributed by atoms with E-state index in [1.165, 1.54) is 0 Å². The van der Waals surface area contributed by atoms with E-state index >= 15 is 0 Å². The van der Waals surface area contributed by atoms with Crippen LogP contribution in [-0.4, -0.2) is 48.1 Å². The van der Waals surface area contributed by atoms with Gasteiger partial charge < -0.3 is 15.2 Å². The van der Waals surface area contributed by atoms with E-state index in [2.05, 4.69) is 26.6 Å². The van der Waals surface area contributed by atoms with Gasteiger partial charge in [-0.25, -0.2) is 9.03 Å². The first-order valence-electron chi connectivity index (χ1n) is 8.88. The number of methoxy groups -OCH3 is 1. The van der Waals surface area contributed by atoms with Gasteiger partial charge in [-0.3, -0.25) is 0 Å². The van der Waals surface area contributed by atoms with Crippen LogP contribution >= 0.6 is 0 Å². The lowest BCUT2D eigenvalue weighted by atomic mass is 9.77. The van der Waals surface area contributed by atoms with E-state index in [1.54, 1.807) is 17.8 Å². The average molecular weight is 364 g/mol. The van der Waals surface area contributed by atoms with Gasteiger partial charge in [-0.15, -0.1) is 5.10 Å². The highest BCUT2D eigenvalue weighted by atomic mass is 16.5. The molecule has 0 radical (unpaired) electrons. The highest BCUT2D eigenvalue weighted by Gasteiger charge is 2.38. The molecule has 4 heterocycles.